The first kappa shape index (κ1) is 15.4. The molecule has 2 aromatic rings. The third kappa shape index (κ3) is 3.44. The first-order valence-corrected chi connectivity index (χ1v) is 5.70. The maximum Gasteiger partial charge on any atom is 0.333 e. The van der Waals surface area contributed by atoms with Crippen molar-refractivity contribution in [1.82, 2.24) is 19.6 Å². The number of aromatic nitrogens is 4. The Balaban J connectivity index is 0.00000180. The number of nitrogens with one attached hydrogen (secondary N) is 1. The van der Waals surface area contributed by atoms with Gasteiger partial charge in [0.1, 0.15) is 0 Å². The Morgan fingerprint density at radius 3 is 2.74 bits per heavy atom. The van der Waals surface area contributed by atoms with Gasteiger partial charge in [0.25, 0.3) is 0 Å². The average Bonchev–Trinajstić information content (AvgIpc) is 2.92. The molecule has 0 spiro atoms. The van der Waals surface area contributed by atoms with Crippen molar-refractivity contribution in [2.24, 2.45) is 0 Å². The molecule has 106 valence electrons. The maximum absolute atomic E-state index is 12.5. The van der Waals surface area contributed by atoms with Crippen LogP contribution in [0.3, 0.4) is 0 Å². The van der Waals surface area contributed by atoms with Gasteiger partial charge in [0, 0.05) is 12.7 Å². The molecule has 0 unspecified atom stereocenters. The van der Waals surface area contributed by atoms with Crippen LogP contribution in [0.5, 0.6) is 0 Å². The van der Waals surface area contributed by atoms with E-state index in [0.717, 1.165) is 12.2 Å². The van der Waals surface area contributed by atoms with Gasteiger partial charge in [-0.15, -0.1) is 12.4 Å². The maximum atomic E-state index is 12.5. The second-order valence-corrected chi connectivity index (χ2v) is 3.88. The van der Waals surface area contributed by atoms with Gasteiger partial charge < -0.3 is 5.32 Å². The summed E-state index contributed by atoms with van der Waals surface area (Å²) < 4.78 is 27.4. The SMILES string of the molecule is CCn1nccc1CNc1cn(C(F)F)nc1C.Cl. The lowest BCUT2D eigenvalue weighted by molar-refractivity contribution is 0.0563. The standard InChI is InChI=1S/C11H15F2N5.ClH/c1-3-17-9(4-5-15-17)6-14-10-7-18(11(12)13)16-8(10)2;/h4-5,7,11,14H,3,6H2,1-2H3;1H. The predicted molar refractivity (Wildman–Crippen MR) is 70.7 cm³/mol. The molecular formula is C11H16ClF2N5. The molecule has 0 atom stereocenters. The van der Waals surface area contributed by atoms with Crippen molar-refractivity contribution < 1.29 is 8.78 Å². The van der Waals surface area contributed by atoms with Crippen LogP contribution in [0.1, 0.15) is 24.9 Å². The molecule has 19 heavy (non-hydrogen) atoms. The first-order valence-electron chi connectivity index (χ1n) is 5.70. The molecule has 0 radical (unpaired) electrons. The summed E-state index contributed by atoms with van der Waals surface area (Å²) in [5.41, 5.74) is 2.17. The Bertz CT molecular complexity index is 523. The smallest absolute Gasteiger partial charge is 0.333 e. The summed E-state index contributed by atoms with van der Waals surface area (Å²) in [6.07, 6.45) is 3.03. The van der Waals surface area contributed by atoms with E-state index in [1.807, 2.05) is 17.7 Å². The molecule has 8 heteroatoms. The van der Waals surface area contributed by atoms with Gasteiger partial charge in [0.15, 0.2) is 0 Å². The Kier molecular flexibility index (Phi) is 5.29. The lowest BCUT2D eigenvalue weighted by atomic mass is 10.3. The van der Waals surface area contributed by atoms with Gasteiger partial charge in [-0.1, -0.05) is 0 Å². The molecule has 0 aliphatic carbocycles. The van der Waals surface area contributed by atoms with E-state index < -0.39 is 6.55 Å². The molecule has 1 N–H and O–H groups in total. The fourth-order valence-corrected chi connectivity index (χ4v) is 1.74. The van der Waals surface area contributed by atoms with Gasteiger partial charge in [0.05, 0.1) is 29.8 Å². The van der Waals surface area contributed by atoms with E-state index in [9.17, 15) is 8.78 Å². The summed E-state index contributed by atoms with van der Waals surface area (Å²) in [6.45, 7) is 2.39. The summed E-state index contributed by atoms with van der Waals surface area (Å²) in [5.74, 6) is 0. The molecule has 0 bridgehead atoms. The molecule has 0 aliphatic heterocycles. The van der Waals surface area contributed by atoms with Crippen LogP contribution in [-0.2, 0) is 13.1 Å². The molecule has 0 amide bonds. The van der Waals surface area contributed by atoms with Crippen molar-refractivity contribution in [3.63, 3.8) is 0 Å². The summed E-state index contributed by atoms with van der Waals surface area (Å²) in [7, 11) is 0. The number of hydrogen-bond donors (Lipinski definition) is 1. The van der Waals surface area contributed by atoms with E-state index in [4.69, 9.17) is 0 Å². The second-order valence-electron chi connectivity index (χ2n) is 3.88. The quantitative estimate of drug-likeness (QED) is 0.921. The van der Waals surface area contributed by atoms with Crippen molar-refractivity contribution >= 4 is 18.1 Å². The summed E-state index contributed by atoms with van der Waals surface area (Å²) in [4.78, 5) is 0. The van der Waals surface area contributed by atoms with Crippen LogP contribution in [0.25, 0.3) is 0 Å². The lowest BCUT2D eigenvalue weighted by Gasteiger charge is -2.06. The van der Waals surface area contributed by atoms with Crippen molar-refractivity contribution in [2.45, 2.75) is 33.5 Å². The molecular weight excluding hydrogens is 276 g/mol. The number of halogens is 3. The number of aryl methyl sites for hydroxylation is 2. The topological polar surface area (TPSA) is 47.7 Å². The third-order valence-corrected chi connectivity index (χ3v) is 2.68. The molecule has 0 aromatic carbocycles. The number of rotatable bonds is 5. The van der Waals surface area contributed by atoms with E-state index in [0.29, 0.717) is 22.6 Å². The normalized spacial score (nSPS) is 10.6. The molecule has 0 fully saturated rings. The third-order valence-electron chi connectivity index (χ3n) is 2.68. The molecule has 5 nitrogen and oxygen atoms in total. The Morgan fingerprint density at radius 1 is 1.42 bits per heavy atom. The number of hydrogen-bond acceptors (Lipinski definition) is 3. The summed E-state index contributed by atoms with van der Waals surface area (Å²) >= 11 is 0. The van der Waals surface area contributed by atoms with Crippen molar-refractivity contribution in [3.8, 4) is 0 Å². The predicted octanol–water partition coefficient (Wildman–Crippen LogP) is 2.84. The minimum Gasteiger partial charge on any atom is -0.377 e. The average molecular weight is 292 g/mol. The highest BCUT2D eigenvalue weighted by Gasteiger charge is 2.11. The zero-order valence-electron chi connectivity index (χ0n) is 10.7. The van der Waals surface area contributed by atoms with Gasteiger partial charge >= 0.3 is 6.55 Å². The van der Waals surface area contributed by atoms with E-state index in [1.165, 1.54) is 6.20 Å². The minimum atomic E-state index is -2.61. The Morgan fingerprint density at radius 2 is 2.16 bits per heavy atom. The minimum absolute atomic E-state index is 0. The molecule has 2 heterocycles. The van der Waals surface area contributed by atoms with Crippen LogP contribution >= 0.6 is 12.4 Å². The highest BCUT2D eigenvalue weighted by molar-refractivity contribution is 5.85. The van der Waals surface area contributed by atoms with E-state index >= 15 is 0 Å². The lowest BCUT2D eigenvalue weighted by Crippen LogP contribution is -2.07. The fraction of sp³-hybridized carbons (Fsp3) is 0.455. The van der Waals surface area contributed by atoms with Gasteiger partial charge in [-0.25, -0.2) is 4.68 Å². The summed E-state index contributed by atoms with van der Waals surface area (Å²) in [5, 5.41) is 11.0. The highest BCUT2D eigenvalue weighted by Crippen LogP contribution is 2.18. The fourth-order valence-electron chi connectivity index (χ4n) is 1.74. The molecule has 0 saturated carbocycles. The zero-order valence-corrected chi connectivity index (χ0v) is 11.5. The van der Waals surface area contributed by atoms with Crippen molar-refractivity contribution in [2.75, 3.05) is 5.32 Å². The van der Waals surface area contributed by atoms with E-state index in [2.05, 4.69) is 15.5 Å². The number of anilines is 1. The van der Waals surface area contributed by atoms with Crippen molar-refractivity contribution in [1.29, 1.82) is 0 Å². The Hall–Kier alpha value is -1.63. The van der Waals surface area contributed by atoms with Crippen LogP contribution < -0.4 is 5.32 Å². The molecule has 0 aliphatic rings. The monoisotopic (exact) mass is 291 g/mol. The van der Waals surface area contributed by atoms with Crippen LogP contribution in [-0.4, -0.2) is 19.6 Å². The highest BCUT2D eigenvalue weighted by atomic mass is 35.5. The number of nitrogens with zero attached hydrogens (tertiary/aromatic N) is 4. The molecule has 2 rings (SSSR count). The van der Waals surface area contributed by atoms with Gasteiger partial charge in [0.2, 0.25) is 0 Å². The zero-order chi connectivity index (χ0) is 13.1. The van der Waals surface area contributed by atoms with E-state index in [-0.39, 0.29) is 12.4 Å². The van der Waals surface area contributed by atoms with Gasteiger partial charge in [-0.05, 0) is 19.9 Å². The van der Waals surface area contributed by atoms with Crippen LogP contribution in [0.4, 0.5) is 14.5 Å². The molecule has 0 saturated heterocycles. The summed E-state index contributed by atoms with van der Waals surface area (Å²) in [6, 6.07) is 1.89. The largest absolute Gasteiger partial charge is 0.377 e. The van der Waals surface area contributed by atoms with Crippen LogP contribution in [0.15, 0.2) is 18.5 Å². The van der Waals surface area contributed by atoms with E-state index in [1.54, 1.807) is 13.1 Å². The first-order chi connectivity index (χ1) is 8.61. The Labute approximate surface area is 116 Å². The number of alkyl halides is 2. The van der Waals surface area contributed by atoms with Crippen LogP contribution in [0, 0.1) is 6.92 Å². The van der Waals surface area contributed by atoms with Gasteiger partial charge in [-0.3, -0.25) is 4.68 Å². The van der Waals surface area contributed by atoms with Crippen LogP contribution in [0.2, 0.25) is 0 Å². The van der Waals surface area contributed by atoms with Gasteiger partial charge in [-0.2, -0.15) is 19.0 Å². The van der Waals surface area contributed by atoms with Crippen molar-refractivity contribution in [3.05, 3.63) is 29.8 Å². The second kappa shape index (κ2) is 6.51. The molecule has 2 aromatic heterocycles.